The van der Waals surface area contributed by atoms with E-state index in [1.54, 1.807) is 6.92 Å². The summed E-state index contributed by atoms with van der Waals surface area (Å²) in [6, 6.07) is -1.89. The topological polar surface area (TPSA) is 108 Å². The molecule has 0 aromatic heterocycles. The van der Waals surface area contributed by atoms with Gasteiger partial charge in [0.25, 0.3) is 0 Å². The summed E-state index contributed by atoms with van der Waals surface area (Å²) >= 11 is 0. The van der Waals surface area contributed by atoms with Gasteiger partial charge < -0.3 is 25.6 Å². The monoisotopic (exact) mass is 234 g/mol. The lowest BCUT2D eigenvalue weighted by molar-refractivity contribution is -0.139. The normalized spacial score (nSPS) is 13.9. The van der Waals surface area contributed by atoms with Crippen molar-refractivity contribution >= 4 is 12.0 Å². The van der Waals surface area contributed by atoms with E-state index in [1.807, 2.05) is 0 Å². The van der Waals surface area contributed by atoms with Crippen LogP contribution in [0.4, 0.5) is 4.79 Å². The predicted molar refractivity (Wildman–Crippen MR) is 56.1 cm³/mol. The molecule has 1 unspecified atom stereocenters. The lowest BCUT2D eigenvalue weighted by Crippen LogP contribution is -2.49. The number of carboxylic acid groups (broad SMARTS) is 1. The Labute approximate surface area is 93.8 Å². The predicted octanol–water partition coefficient (Wildman–Crippen LogP) is -0.844. The fourth-order valence-electron chi connectivity index (χ4n) is 1.10. The van der Waals surface area contributed by atoms with Crippen molar-refractivity contribution in [1.29, 1.82) is 0 Å². The van der Waals surface area contributed by atoms with Crippen LogP contribution in [0.1, 0.15) is 13.3 Å². The van der Waals surface area contributed by atoms with E-state index in [1.165, 1.54) is 7.11 Å². The van der Waals surface area contributed by atoms with Gasteiger partial charge in [-0.2, -0.15) is 0 Å². The zero-order valence-electron chi connectivity index (χ0n) is 9.40. The second kappa shape index (κ2) is 7.89. The first-order chi connectivity index (χ1) is 7.51. The van der Waals surface area contributed by atoms with Gasteiger partial charge in [-0.05, 0) is 6.92 Å². The number of amides is 2. The number of aliphatic carboxylic acids is 1. The van der Waals surface area contributed by atoms with Crippen LogP contribution in [-0.4, -0.2) is 54.6 Å². The molecule has 0 fully saturated rings. The van der Waals surface area contributed by atoms with Gasteiger partial charge in [0, 0.05) is 20.1 Å². The summed E-state index contributed by atoms with van der Waals surface area (Å²) in [5.41, 5.74) is 0. The number of hydrogen-bond donors (Lipinski definition) is 4. The number of hydrogen-bond acceptors (Lipinski definition) is 4. The van der Waals surface area contributed by atoms with Gasteiger partial charge in [-0.1, -0.05) is 0 Å². The molecule has 0 spiro atoms. The lowest BCUT2D eigenvalue weighted by atomic mass is 10.2. The van der Waals surface area contributed by atoms with E-state index in [2.05, 4.69) is 10.6 Å². The average Bonchev–Trinajstić information content (AvgIpc) is 2.16. The zero-order valence-corrected chi connectivity index (χ0v) is 9.40. The zero-order chi connectivity index (χ0) is 12.6. The summed E-state index contributed by atoms with van der Waals surface area (Å²) in [6.07, 6.45) is -0.0264. The minimum atomic E-state index is -1.18. The Bertz CT molecular complexity index is 234. The molecule has 16 heavy (non-hydrogen) atoms. The average molecular weight is 234 g/mol. The lowest BCUT2D eigenvalue weighted by Gasteiger charge is -2.17. The van der Waals surface area contributed by atoms with Crippen molar-refractivity contribution in [2.45, 2.75) is 25.4 Å². The summed E-state index contributed by atoms with van der Waals surface area (Å²) in [7, 11) is 1.50. The van der Waals surface area contributed by atoms with Crippen molar-refractivity contribution in [3.05, 3.63) is 0 Å². The van der Waals surface area contributed by atoms with Crippen molar-refractivity contribution in [1.82, 2.24) is 10.6 Å². The first-order valence-corrected chi connectivity index (χ1v) is 4.90. The van der Waals surface area contributed by atoms with E-state index in [9.17, 15) is 9.59 Å². The molecule has 0 radical (unpaired) electrons. The standard InChI is InChI=1S/C9H18N2O5/c1-6(5-16-2)10-9(15)11-7(3-4-12)8(13)14/h6-7,12H,3-5H2,1-2H3,(H,13,14)(H2,10,11,15)/t6?,7-/m1/s1. The minimum absolute atomic E-state index is 0.0264. The molecule has 0 saturated carbocycles. The van der Waals surface area contributed by atoms with Gasteiger partial charge in [-0.25, -0.2) is 9.59 Å². The van der Waals surface area contributed by atoms with Gasteiger partial charge in [0.15, 0.2) is 0 Å². The molecule has 4 N–H and O–H groups in total. The molecule has 0 aromatic rings. The highest BCUT2D eigenvalue weighted by molar-refractivity contribution is 5.82. The highest BCUT2D eigenvalue weighted by Gasteiger charge is 2.19. The van der Waals surface area contributed by atoms with Crippen molar-refractivity contribution in [3.8, 4) is 0 Å². The number of carbonyl (C=O) groups is 2. The maximum absolute atomic E-state index is 11.3. The number of ether oxygens (including phenoxy) is 1. The summed E-state index contributed by atoms with van der Waals surface area (Å²) < 4.78 is 4.81. The van der Waals surface area contributed by atoms with Crippen LogP contribution < -0.4 is 10.6 Å². The van der Waals surface area contributed by atoms with Crippen molar-refractivity contribution < 1.29 is 24.5 Å². The second-order valence-electron chi connectivity index (χ2n) is 3.38. The minimum Gasteiger partial charge on any atom is -0.480 e. The number of nitrogens with one attached hydrogen (secondary N) is 2. The quantitative estimate of drug-likeness (QED) is 0.459. The third kappa shape index (κ3) is 6.20. The molecule has 94 valence electrons. The molecular weight excluding hydrogens is 216 g/mol. The first kappa shape index (κ1) is 14.7. The van der Waals surface area contributed by atoms with Crippen LogP contribution in [0.15, 0.2) is 0 Å². The highest BCUT2D eigenvalue weighted by atomic mass is 16.5. The smallest absolute Gasteiger partial charge is 0.326 e. The molecule has 0 rings (SSSR count). The van der Waals surface area contributed by atoms with Gasteiger partial charge in [0.1, 0.15) is 6.04 Å². The molecule has 7 heteroatoms. The van der Waals surface area contributed by atoms with Crippen molar-refractivity contribution in [2.24, 2.45) is 0 Å². The molecule has 0 bridgehead atoms. The number of carboxylic acids is 1. The molecule has 0 aliphatic carbocycles. The number of rotatable bonds is 7. The van der Waals surface area contributed by atoms with E-state index in [0.29, 0.717) is 6.61 Å². The Morgan fingerprint density at radius 3 is 2.44 bits per heavy atom. The third-order valence-electron chi connectivity index (χ3n) is 1.82. The molecule has 7 nitrogen and oxygen atoms in total. The molecule has 0 aliphatic rings. The van der Waals surface area contributed by atoms with Crippen LogP contribution in [-0.2, 0) is 9.53 Å². The van der Waals surface area contributed by atoms with E-state index >= 15 is 0 Å². The van der Waals surface area contributed by atoms with Crippen molar-refractivity contribution in [3.63, 3.8) is 0 Å². The van der Waals surface area contributed by atoms with Gasteiger partial charge in [0.2, 0.25) is 0 Å². The van der Waals surface area contributed by atoms with Crippen LogP contribution in [0.2, 0.25) is 0 Å². The fraction of sp³-hybridized carbons (Fsp3) is 0.778. The van der Waals surface area contributed by atoms with Gasteiger partial charge in [-0.3, -0.25) is 0 Å². The van der Waals surface area contributed by atoms with E-state index < -0.39 is 18.0 Å². The van der Waals surface area contributed by atoms with Crippen LogP contribution in [0, 0.1) is 0 Å². The summed E-state index contributed by atoms with van der Waals surface area (Å²) in [5, 5.41) is 22.1. The second-order valence-corrected chi connectivity index (χ2v) is 3.38. The molecule has 2 amide bonds. The summed E-state index contributed by atoms with van der Waals surface area (Å²) in [6.45, 7) is 1.76. The maximum Gasteiger partial charge on any atom is 0.326 e. The van der Waals surface area contributed by atoms with E-state index in [-0.39, 0.29) is 19.1 Å². The number of urea groups is 1. The van der Waals surface area contributed by atoms with Crippen LogP contribution in [0.3, 0.4) is 0 Å². The SMILES string of the molecule is COCC(C)NC(=O)N[C@H](CCO)C(=O)O. The molecule has 2 atom stereocenters. The number of aliphatic hydroxyl groups is 1. The van der Waals surface area contributed by atoms with Crippen LogP contribution in [0.25, 0.3) is 0 Å². The summed E-state index contributed by atoms with van der Waals surface area (Å²) in [4.78, 5) is 22.0. The fourth-order valence-corrected chi connectivity index (χ4v) is 1.10. The Balaban J connectivity index is 4.04. The van der Waals surface area contributed by atoms with Gasteiger partial charge >= 0.3 is 12.0 Å². The number of methoxy groups -OCH3 is 1. The maximum atomic E-state index is 11.3. The largest absolute Gasteiger partial charge is 0.480 e. The van der Waals surface area contributed by atoms with Crippen LogP contribution >= 0.6 is 0 Å². The Kier molecular flexibility index (Phi) is 7.23. The first-order valence-electron chi connectivity index (χ1n) is 4.90. The number of carbonyl (C=O) groups excluding carboxylic acids is 1. The summed E-state index contributed by atoms with van der Waals surface area (Å²) in [5.74, 6) is -1.18. The van der Waals surface area contributed by atoms with Gasteiger partial charge in [0.05, 0.1) is 12.6 Å². The highest BCUT2D eigenvalue weighted by Crippen LogP contribution is 1.92. The Morgan fingerprint density at radius 2 is 2.00 bits per heavy atom. The molecule has 0 saturated heterocycles. The molecule has 0 aliphatic heterocycles. The Hall–Kier alpha value is -1.34. The third-order valence-corrected chi connectivity index (χ3v) is 1.82. The van der Waals surface area contributed by atoms with Crippen LogP contribution in [0.5, 0.6) is 0 Å². The van der Waals surface area contributed by atoms with E-state index in [4.69, 9.17) is 14.9 Å². The molecule has 0 heterocycles. The number of aliphatic hydroxyl groups excluding tert-OH is 1. The van der Waals surface area contributed by atoms with Gasteiger partial charge in [-0.15, -0.1) is 0 Å². The van der Waals surface area contributed by atoms with Crippen molar-refractivity contribution in [2.75, 3.05) is 20.3 Å². The molecular formula is C9H18N2O5. The Morgan fingerprint density at radius 1 is 1.38 bits per heavy atom. The molecule has 0 aromatic carbocycles. The van der Waals surface area contributed by atoms with E-state index in [0.717, 1.165) is 0 Å².